The summed E-state index contributed by atoms with van der Waals surface area (Å²) in [5.41, 5.74) is 2.86. The van der Waals surface area contributed by atoms with Crippen LogP contribution in [0.1, 0.15) is 30.9 Å². The Morgan fingerprint density at radius 1 is 1.18 bits per heavy atom. The van der Waals surface area contributed by atoms with Gasteiger partial charge in [0.1, 0.15) is 11.8 Å². The number of para-hydroxylation sites is 1. The van der Waals surface area contributed by atoms with Crippen LogP contribution in [0, 0.1) is 0 Å². The molecule has 9 nitrogen and oxygen atoms in total. The van der Waals surface area contributed by atoms with Crippen molar-refractivity contribution in [3.63, 3.8) is 0 Å². The topological polar surface area (TPSA) is 94.1 Å². The van der Waals surface area contributed by atoms with Gasteiger partial charge in [-0.3, -0.25) is 4.79 Å². The van der Waals surface area contributed by atoms with E-state index in [0.717, 1.165) is 36.1 Å². The minimum Gasteiger partial charge on any atom is -0.342 e. The Bertz CT molecular complexity index is 1130. The fraction of sp³-hybridized carbons (Fsp3) is 0.368. The number of carbonyl (C=O) groups excluding carboxylic acids is 1. The quantitative estimate of drug-likeness (QED) is 0.538. The summed E-state index contributed by atoms with van der Waals surface area (Å²) in [5.74, 6) is 0.976. The van der Waals surface area contributed by atoms with Crippen molar-refractivity contribution in [2.24, 2.45) is 0 Å². The third-order valence-electron chi connectivity index (χ3n) is 5.36. The molecule has 5 rings (SSSR count). The van der Waals surface area contributed by atoms with Gasteiger partial charge in [-0.2, -0.15) is 10.1 Å². The Morgan fingerprint density at radius 3 is 3.07 bits per heavy atom. The van der Waals surface area contributed by atoms with Crippen molar-refractivity contribution in [2.75, 3.05) is 13.1 Å². The van der Waals surface area contributed by atoms with E-state index in [9.17, 15) is 4.79 Å². The predicted molar refractivity (Wildman–Crippen MR) is 101 cm³/mol. The van der Waals surface area contributed by atoms with Gasteiger partial charge in [0.15, 0.2) is 0 Å². The maximum absolute atomic E-state index is 12.8. The lowest BCUT2D eigenvalue weighted by atomic mass is 9.94. The molecule has 4 aromatic rings. The molecule has 0 spiro atoms. The van der Waals surface area contributed by atoms with Crippen LogP contribution in [0.25, 0.3) is 16.8 Å². The van der Waals surface area contributed by atoms with Crippen molar-refractivity contribution in [2.45, 2.75) is 31.7 Å². The fourth-order valence-corrected chi connectivity index (χ4v) is 3.95. The molecule has 1 saturated heterocycles. The minimum atomic E-state index is 0.146. The van der Waals surface area contributed by atoms with Gasteiger partial charge in [0.25, 0.3) is 5.78 Å². The van der Waals surface area contributed by atoms with E-state index in [0.29, 0.717) is 25.3 Å². The van der Waals surface area contributed by atoms with Gasteiger partial charge in [0.05, 0.1) is 17.8 Å². The first kappa shape index (κ1) is 16.8. The largest absolute Gasteiger partial charge is 0.342 e. The number of hydrogen-bond acceptors (Lipinski definition) is 6. The summed E-state index contributed by atoms with van der Waals surface area (Å²) in [6, 6.07) is 9.77. The van der Waals surface area contributed by atoms with Crippen LogP contribution in [0.3, 0.4) is 0 Å². The third kappa shape index (κ3) is 2.98. The van der Waals surface area contributed by atoms with Gasteiger partial charge in [-0.05, 0) is 31.0 Å². The summed E-state index contributed by atoms with van der Waals surface area (Å²) in [4.78, 5) is 23.2. The van der Waals surface area contributed by atoms with Gasteiger partial charge in [0, 0.05) is 31.6 Å². The van der Waals surface area contributed by atoms with E-state index in [4.69, 9.17) is 0 Å². The first-order valence-electron chi connectivity index (χ1n) is 9.50. The van der Waals surface area contributed by atoms with Crippen molar-refractivity contribution in [1.29, 1.82) is 0 Å². The average Bonchev–Trinajstić information content (AvgIpc) is 3.39. The number of likely N-dealkylation sites (tertiary alicyclic amines) is 1. The Hall–Kier alpha value is -3.36. The molecule has 1 aliphatic heterocycles. The smallest absolute Gasteiger partial charge is 0.252 e. The summed E-state index contributed by atoms with van der Waals surface area (Å²) in [6.45, 7) is 2.01. The van der Waals surface area contributed by atoms with Crippen LogP contribution >= 0.6 is 0 Å². The second kappa shape index (κ2) is 6.99. The molecule has 1 fully saturated rings. The number of rotatable bonds is 4. The van der Waals surface area contributed by atoms with E-state index in [1.165, 1.54) is 6.33 Å². The Morgan fingerprint density at radius 2 is 2.11 bits per heavy atom. The molecule has 1 atom stereocenters. The number of fused-ring (bicyclic) bond motifs is 2. The molecule has 0 N–H and O–H groups in total. The van der Waals surface area contributed by atoms with Crippen molar-refractivity contribution in [1.82, 2.24) is 39.5 Å². The van der Waals surface area contributed by atoms with E-state index < -0.39 is 0 Å². The number of carbonyl (C=O) groups is 1. The zero-order valence-electron chi connectivity index (χ0n) is 15.3. The number of amides is 1. The van der Waals surface area contributed by atoms with Gasteiger partial charge in [-0.15, -0.1) is 5.10 Å². The van der Waals surface area contributed by atoms with E-state index >= 15 is 0 Å². The van der Waals surface area contributed by atoms with Gasteiger partial charge in [-0.25, -0.2) is 14.2 Å². The molecule has 0 unspecified atom stereocenters. The van der Waals surface area contributed by atoms with Crippen LogP contribution < -0.4 is 0 Å². The molecule has 1 aromatic carbocycles. The summed E-state index contributed by atoms with van der Waals surface area (Å²) >= 11 is 0. The number of aromatic nitrogens is 7. The lowest BCUT2D eigenvalue weighted by molar-refractivity contribution is -0.132. The molecule has 142 valence electrons. The van der Waals surface area contributed by atoms with E-state index in [2.05, 4.69) is 25.4 Å². The zero-order valence-corrected chi connectivity index (χ0v) is 15.3. The van der Waals surface area contributed by atoms with E-state index in [-0.39, 0.29) is 11.8 Å². The van der Waals surface area contributed by atoms with Crippen LogP contribution in [0.4, 0.5) is 0 Å². The number of benzene rings is 1. The minimum absolute atomic E-state index is 0.146. The molecule has 0 radical (unpaired) electrons. The first-order valence-corrected chi connectivity index (χ1v) is 9.50. The summed E-state index contributed by atoms with van der Waals surface area (Å²) < 4.78 is 3.58. The summed E-state index contributed by atoms with van der Waals surface area (Å²) in [5, 5.41) is 12.6. The number of aryl methyl sites for hydroxylation is 1. The standard InChI is InChI=1S/C19H20N8O/c28-18(8-11-26-17-6-2-1-5-15(17)23-24-26)25-10-3-4-14(12-25)16-7-9-20-19-21-13-22-27(16)19/h1-2,5-7,9,13-14H,3-4,8,10-12H2/t14-/m0/s1. The SMILES string of the molecule is O=C(CCn1nnc2ccccc21)N1CCC[C@H](c2ccnc3ncnn23)C1. The lowest BCUT2D eigenvalue weighted by Crippen LogP contribution is -2.40. The monoisotopic (exact) mass is 376 g/mol. The molecule has 1 amide bonds. The number of piperidine rings is 1. The highest BCUT2D eigenvalue weighted by atomic mass is 16.2. The number of hydrogen-bond donors (Lipinski definition) is 0. The van der Waals surface area contributed by atoms with Crippen LogP contribution in [0.15, 0.2) is 42.9 Å². The highest BCUT2D eigenvalue weighted by Crippen LogP contribution is 2.27. The van der Waals surface area contributed by atoms with Gasteiger partial charge in [0.2, 0.25) is 5.91 Å². The predicted octanol–water partition coefficient (Wildman–Crippen LogP) is 1.67. The van der Waals surface area contributed by atoms with Crippen molar-refractivity contribution < 1.29 is 4.79 Å². The number of nitrogens with zero attached hydrogens (tertiary/aromatic N) is 8. The van der Waals surface area contributed by atoms with Crippen LogP contribution in [0.2, 0.25) is 0 Å². The highest BCUT2D eigenvalue weighted by Gasteiger charge is 2.26. The molecule has 28 heavy (non-hydrogen) atoms. The maximum atomic E-state index is 12.8. The normalized spacial score (nSPS) is 17.4. The van der Waals surface area contributed by atoms with Gasteiger partial charge < -0.3 is 4.90 Å². The maximum Gasteiger partial charge on any atom is 0.252 e. The fourth-order valence-electron chi connectivity index (χ4n) is 3.95. The second-order valence-electron chi connectivity index (χ2n) is 7.07. The zero-order chi connectivity index (χ0) is 18.9. The Kier molecular flexibility index (Phi) is 4.19. The summed E-state index contributed by atoms with van der Waals surface area (Å²) in [7, 11) is 0. The Balaban J connectivity index is 1.28. The van der Waals surface area contributed by atoms with Crippen molar-refractivity contribution >= 4 is 22.7 Å². The molecule has 3 aromatic heterocycles. The average molecular weight is 376 g/mol. The van der Waals surface area contributed by atoms with Crippen molar-refractivity contribution in [3.05, 3.63) is 48.5 Å². The van der Waals surface area contributed by atoms with Crippen LogP contribution in [0.5, 0.6) is 0 Å². The molecule has 4 heterocycles. The molecule has 0 bridgehead atoms. The molecular formula is C19H20N8O. The highest BCUT2D eigenvalue weighted by molar-refractivity contribution is 5.77. The third-order valence-corrected chi connectivity index (χ3v) is 5.36. The second-order valence-corrected chi connectivity index (χ2v) is 7.07. The Labute approximate surface area is 161 Å². The van der Waals surface area contributed by atoms with Crippen LogP contribution in [-0.2, 0) is 11.3 Å². The molecule has 9 heteroatoms. The van der Waals surface area contributed by atoms with Crippen molar-refractivity contribution in [3.8, 4) is 0 Å². The summed E-state index contributed by atoms with van der Waals surface area (Å²) in [6.07, 6.45) is 5.68. The van der Waals surface area contributed by atoms with Gasteiger partial charge >= 0.3 is 0 Å². The van der Waals surface area contributed by atoms with E-state index in [1.54, 1.807) is 15.4 Å². The van der Waals surface area contributed by atoms with Crippen LogP contribution in [-0.4, -0.2) is 58.5 Å². The molecule has 0 saturated carbocycles. The lowest BCUT2D eigenvalue weighted by Gasteiger charge is -2.33. The van der Waals surface area contributed by atoms with E-state index in [1.807, 2.05) is 35.2 Å². The molecule has 0 aliphatic carbocycles. The molecular weight excluding hydrogens is 356 g/mol. The first-order chi connectivity index (χ1) is 13.8. The van der Waals surface area contributed by atoms with Gasteiger partial charge in [-0.1, -0.05) is 17.3 Å². The molecule has 1 aliphatic rings.